The predicted molar refractivity (Wildman–Crippen MR) is 71.2 cm³/mol. The zero-order chi connectivity index (χ0) is 13.7. The monoisotopic (exact) mass is 259 g/mol. The summed E-state index contributed by atoms with van der Waals surface area (Å²) in [6.45, 7) is 1.73. The molecule has 0 radical (unpaired) electrons. The van der Waals surface area contributed by atoms with Crippen LogP contribution >= 0.6 is 0 Å². The minimum absolute atomic E-state index is 0.0214. The molecule has 2 aromatic rings. The highest BCUT2D eigenvalue weighted by atomic mass is 19.1. The van der Waals surface area contributed by atoms with Crippen molar-refractivity contribution in [3.8, 4) is 5.75 Å². The van der Waals surface area contributed by atoms with Crippen molar-refractivity contribution < 1.29 is 14.0 Å². The van der Waals surface area contributed by atoms with Crippen molar-refractivity contribution in [1.29, 1.82) is 0 Å². The number of hydrogen-bond donors (Lipinski definition) is 0. The molecule has 0 aliphatic carbocycles. The van der Waals surface area contributed by atoms with E-state index in [0.717, 1.165) is 5.06 Å². The molecule has 0 saturated carbocycles. The van der Waals surface area contributed by atoms with Crippen LogP contribution < -0.4 is 9.90 Å². The van der Waals surface area contributed by atoms with Crippen molar-refractivity contribution in [1.82, 2.24) is 0 Å². The number of rotatable bonds is 4. The molecule has 2 rings (SSSR count). The van der Waals surface area contributed by atoms with Gasteiger partial charge in [-0.05, 0) is 24.3 Å². The summed E-state index contributed by atoms with van der Waals surface area (Å²) in [5.41, 5.74) is 0.567. The summed E-state index contributed by atoms with van der Waals surface area (Å²) in [6, 6.07) is 14.9. The van der Waals surface area contributed by atoms with Crippen LogP contribution in [-0.4, -0.2) is 5.91 Å². The van der Waals surface area contributed by atoms with Crippen LogP contribution in [0.25, 0.3) is 0 Å². The lowest BCUT2D eigenvalue weighted by Gasteiger charge is -2.22. The van der Waals surface area contributed by atoms with Gasteiger partial charge in [-0.2, -0.15) is 0 Å². The van der Waals surface area contributed by atoms with Crippen LogP contribution in [0.2, 0.25) is 0 Å². The summed E-state index contributed by atoms with van der Waals surface area (Å²) in [7, 11) is 0. The van der Waals surface area contributed by atoms with Crippen molar-refractivity contribution in [3.05, 3.63) is 60.4 Å². The van der Waals surface area contributed by atoms with Crippen molar-refractivity contribution in [2.75, 3.05) is 5.06 Å². The number of para-hydroxylation sites is 2. The molecule has 0 bridgehead atoms. The summed E-state index contributed by atoms with van der Waals surface area (Å²) < 4.78 is 13.6. The normalized spacial score (nSPS) is 10.0. The zero-order valence-electron chi connectivity index (χ0n) is 10.5. The number of amides is 1. The SMILES string of the molecule is CCC(=O)N(Oc1ccccc1F)c1ccccc1. The van der Waals surface area contributed by atoms with Crippen LogP contribution in [0.3, 0.4) is 0 Å². The Morgan fingerprint density at radius 1 is 1.11 bits per heavy atom. The van der Waals surface area contributed by atoms with Crippen molar-refractivity contribution in [2.45, 2.75) is 13.3 Å². The second kappa shape index (κ2) is 6.00. The second-order valence-electron chi connectivity index (χ2n) is 3.90. The number of carbonyl (C=O) groups is 1. The van der Waals surface area contributed by atoms with Crippen LogP contribution in [-0.2, 0) is 4.79 Å². The molecule has 0 N–H and O–H groups in total. The molecule has 0 aliphatic heterocycles. The Kier molecular flexibility index (Phi) is 4.13. The lowest BCUT2D eigenvalue weighted by atomic mass is 10.3. The van der Waals surface area contributed by atoms with Gasteiger partial charge < -0.3 is 4.84 Å². The first-order chi connectivity index (χ1) is 9.22. The minimum Gasteiger partial charge on any atom is -0.369 e. The molecule has 2 aromatic carbocycles. The van der Waals surface area contributed by atoms with Crippen molar-refractivity contribution in [3.63, 3.8) is 0 Å². The number of anilines is 1. The molecule has 3 nitrogen and oxygen atoms in total. The number of hydrogen-bond acceptors (Lipinski definition) is 2. The fraction of sp³-hybridized carbons (Fsp3) is 0.133. The average molecular weight is 259 g/mol. The van der Waals surface area contributed by atoms with E-state index in [1.165, 1.54) is 12.1 Å². The van der Waals surface area contributed by atoms with Crippen LogP contribution in [0.15, 0.2) is 54.6 Å². The van der Waals surface area contributed by atoms with E-state index in [2.05, 4.69) is 0 Å². The highest BCUT2D eigenvalue weighted by Crippen LogP contribution is 2.21. The van der Waals surface area contributed by atoms with Gasteiger partial charge in [0.2, 0.25) is 0 Å². The van der Waals surface area contributed by atoms with Gasteiger partial charge in [0.15, 0.2) is 11.6 Å². The highest BCUT2D eigenvalue weighted by molar-refractivity contribution is 5.91. The smallest absolute Gasteiger partial charge is 0.259 e. The van der Waals surface area contributed by atoms with Crippen LogP contribution in [0, 0.1) is 5.82 Å². The Balaban J connectivity index is 2.30. The lowest BCUT2D eigenvalue weighted by molar-refractivity contribution is -0.122. The van der Waals surface area contributed by atoms with Crippen molar-refractivity contribution in [2.24, 2.45) is 0 Å². The van der Waals surface area contributed by atoms with E-state index in [-0.39, 0.29) is 18.1 Å². The van der Waals surface area contributed by atoms with Gasteiger partial charge in [-0.15, -0.1) is 5.06 Å². The Morgan fingerprint density at radius 3 is 2.37 bits per heavy atom. The minimum atomic E-state index is -0.507. The Morgan fingerprint density at radius 2 is 1.74 bits per heavy atom. The van der Waals surface area contributed by atoms with Gasteiger partial charge in [-0.1, -0.05) is 37.3 Å². The van der Waals surface area contributed by atoms with Crippen LogP contribution in [0.1, 0.15) is 13.3 Å². The molecule has 98 valence electrons. The molecule has 0 fully saturated rings. The molecule has 1 amide bonds. The molecule has 0 saturated heterocycles. The molecule has 0 aliphatic rings. The predicted octanol–water partition coefficient (Wildman–Crippen LogP) is 3.56. The Hall–Kier alpha value is -2.36. The third kappa shape index (κ3) is 3.10. The van der Waals surface area contributed by atoms with Gasteiger partial charge in [0.05, 0.1) is 5.69 Å². The van der Waals surface area contributed by atoms with Gasteiger partial charge in [-0.3, -0.25) is 4.79 Å². The number of carbonyl (C=O) groups excluding carboxylic acids is 1. The number of benzene rings is 2. The molecule has 4 heteroatoms. The third-order valence-corrected chi connectivity index (χ3v) is 2.55. The summed E-state index contributed by atoms with van der Waals surface area (Å²) in [5.74, 6) is -0.727. The van der Waals surface area contributed by atoms with Crippen LogP contribution in [0.5, 0.6) is 5.75 Å². The molecule has 0 atom stereocenters. The quantitative estimate of drug-likeness (QED) is 0.786. The molecular formula is C15H14FNO2. The Bertz CT molecular complexity index is 557. The Labute approximate surface area is 111 Å². The van der Waals surface area contributed by atoms with E-state index in [0.29, 0.717) is 5.69 Å². The first kappa shape index (κ1) is 13.1. The summed E-state index contributed by atoms with van der Waals surface area (Å²) in [6.07, 6.45) is 0.267. The van der Waals surface area contributed by atoms with E-state index in [9.17, 15) is 9.18 Å². The van der Waals surface area contributed by atoms with E-state index in [1.807, 2.05) is 6.07 Å². The van der Waals surface area contributed by atoms with E-state index in [1.54, 1.807) is 43.3 Å². The van der Waals surface area contributed by atoms with Crippen LogP contribution in [0.4, 0.5) is 10.1 Å². The fourth-order valence-electron chi connectivity index (χ4n) is 1.57. The molecular weight excluding hydrogens is 245 g/mol. The first-order valence-electron chi connectivity index (χ1n) is 6.03. The molecule has 0 aromatic heterocycles. The summed E-state index contributed by atoms with van der Waals surface area (Å²) in [5, 5.41) is 1.11. The maximum atomic E-state index is 13.6. The maximum absolute atomic E-state index is 13.6. The van der Waals surface area contributed by atoms with Gasteiger partial charge in [0.25, 0.3) is 5.91 Å². The topological polar surface area (TPSA) is 29.5 Å². The van der Waals surface area contributed by atoms with Crippen molar-refractivity contribution >= 4 is 11.6 Å². The molecule has 19 heavy (non-hydrogen) atoms. The number of halogens is 1. The third-order valence-electron chi connectivity index (χ3n) is 2.55. The summed E-state index contributed by atoms with van der Waals surface area (Å²) >= 11 is 0. The molecule has 0 spiro atoms. The fourth-order valence-corrected chi connectivity index (χ4v) is 1.57. The van der Waals surface area contributed by atoms with E-state index >= 15 is 0 Å². The first-order valence-corrected chi connectivity index (χ1v) is 6.03. The van der Waals surface area contributed by atoms with E-state index in [4.69, 9.17) is 4.84 Å². The van der Waals surface area contributed by atoms with E-state index < -0.39 is 5.82 Å². The lowest BCUT2D eigenvalue weighted by Crippen LogP contribution is -2.33. The highest BCUT2D eigenvalue weighted by Gasteiger charge is 2.17. The maximum Gasteiger partial charge on any atom is 0.259 e. The summed E-state index contributed by atoms with van der Waals surface area (Å²) in [4.78, 5) is 17.3. The largest absolute Gasteiger partial charge is 0.369 e. The number of nitrogens with zero attached hydrogens (tertiary/aromatic N) is 1. The second-order valence-corrected chi connectivity index (χ2v) is 3.90. The van der Waals surface area contributed by atoms with Gasteiger partial charge in [-0.25, -0.2) is 4.39 Å². The zero-order valence-corrected chi connectivity index (χ0v) is 10.5. The van der Waals surface area contributed by atoms with Gasteiger partial charge in [0, 0.05) is 6.42 Å². The average Bonchev–Trinajstić information content (AvgIpc) is 2.46. The van der Waals surface area contributed by atoms with Gasteiger partial charge >= 0.3 is 0 Å². The molecule has 0 heterocycles. The molecule has 0 unspecified atom stereocenters. The number of hydroxylamine groups is 1. The standard InChI is InChI=1S/C15H14FNO2/c1-2-15(18)17(12-8-4-3-5-9-12)19-14-11-7-6-10-13(14)16/h3-11H,2H2,1H3. The van der Waals surface area contributed by atoms with Gasteiger partial charge in [0.1, 0.15) is 0 Å².